The Balaban J connectivity index is 2.83. The molecule has 0 unspecified atom stereocenters. The van der Waals surface area contributed by atoms with Crippen LogP contribution in [0, 0.1) is 10.5 Å². The van der Waals surface area contributed by atoms with Gasteiger partial charge in [0.2, 0.25) is 0 Å². The molecule has 122 valence electrons. The van der Waals surface area contributed by atoms with Crippen LogP contribution >= 0.6 is 22.6 Å². The van der Waals surface area contributed by atoms with Crippen LogP contribution in [-0.4, -0.2) is 48.0 Å². The van der Waals surface area contributed by atoms with Gasteiger partial charge < -0.3 is 0 Å². The maximum absolute atomic E-state index is 11.2. The highest BCUT2D eigenvalue weighted by atomic mass is 127. The number of aryl methyl sites for hydroxylation is 2. The zero-order valence-electron chi connectivity index (χ0n) is 13.4. The number of halogens is 1. The minimum Gasteiger partial charge on any atom is -0.292 e. The molecule has 0 aliphatic carbocycles. The summed E-state index contributed by atoms with van der Waals surface area (Å²) in [6.07, 6.45) is 0.700. The lowest BCUT2D eigenvalue weighted by Crippen LogP contribution is -2.38. The summed E-state index contributed by atoms with van der Waals surface area (Å²) in [5.41, 5.74) is 2.14. The summed E-state index contributed by atoms with van der Waals surface area (Å²) in [7, 11) is -1.50. The minimum absolute atomic E-state index is 0.279. The summed E-state index contributed by atoms with van der Waals surface area (Å²) in [4.78, 5) is 2.19. The second kappa shape index (κ2) is 7.38. The van der Waals surface area contributed by atoms with Crippen molar-refractivity contribution < 1.29 is 12.6 Å². The third kappa shape index (κ3) is 5.84. The standard InChI is InChI=1S/C13H24IN3O3S/c1-9(2)17(7-10(3)20-21(6,18)19)8-12-13(14)11(4)15-16(12)5/h9-10H,7-8H2,1-6H3/t10-/m0/s1. The molecule has 1 atom stereocenters. The Morgan fingerprint density at radius 1 is 1.38 bits per heavy atom. The van der Waals surface area contributed by atoms with E-state index in [-0.39, 0.29) is 12.1 Å². The Morgan fingerprint density at radius 2 is 1.95 bits per heavy atom. The number of nitrogens with zero attached hydrogens (tertiary/aromatic N) is 3. The summed E-state index contributed by atoms with van der Waals surface area (Å²) < 4.78 is 30.5. The molecular weight excluding hydrogens is 405 g/mol. The van der Waals surface area contributed by atoms with Crippen LogP contribution in [-0.2, 0) is 27.9 Å². The lowest BCUT2D eigenvalue weighted by atomic mass is 10.2. The van der Waals surface area contributed by atoms with Gasteiger partial charge in [0, 0.05) is 26.2 Å². The van der Waals surface area contributed by atoms with E-state index >= 15 is 0 Å². The maximum Gasteiger partial charge on any atom is 0.264 e. The van der Waals surface area contributed by atoms with Crippen molar-refractivity contribution in [3.05, 3.63) is 15.0 Å². The van der Waals surface area contributed by atoms with Gasteiger partial charge in [0.1, 0.15) is 0 Å². The Morgan fingerprint density at radius 3 is 2.33 bits per heavy atom. The van der Waals surface area contributed by atoms with Crippen molar-refractivity contribution in [1.82, 2.24) is 14.7 Å². The Labute approximate surface area is 141 Å². The SMILES string of the molecule is Cc1nn(C)c(CN(C[C@H](C)OS(C)(=O)=O)C(C)C)c1I. The molecule has 0 N–H and O–H groups in total. The van der Waals surface area contributed by atoms with Gasteiger partial charge in [-0.15, -0.1) is 0 Å². The molecule has 0 saturated heterocycles. The molecule has 6 nitrogen and oxygen atoms in total. The average Bonchev–Trinajstić information content (AvgIpc) is 2.52. The molecule has 8 heteroatoms. The first-order valence-corrected chi connectivity index (χ1v) is 9.71. The molecule has 0 aliphatic heterocycles. The molecule has 1 heterocycles. The van der Waals surface area contributed by atoms with Crippen LogP contribution in [0.3, 0.4) is 0 Å². The molecule has 1 rings (SSSR count). The third-order valence-corrected chi connectivity index (χ3v) is 5.26. The van der Waals surface area contributed by atoms with Crippen molar-refractivity contribution in [1.29, 1.82) is 0 Å². The normalized spacial score (nSPS) is 14.1. The van der Waals surface area contributed by atoms with Gasteiger partial charge in [0.15, 0.2) is 0 Å². The monoisotopic (exact) mass is 429 g/mol. The Bertz CT molecular complexity index is 584. The van der Waals surface area contributed by atoms with Gasteiger partial charge in [0.25, 0.3) is 10.1 Å². The zero-order valence-corrected chi connectivity index (χ0v) is 16.4. The fourth-order valence-electron chi connectivity index (χ4n) is 2.16. The van der Waals surface area contributed by atoms with Crippen LogP contribution in [0.15, 0.2) is 0 Å². The van der Waals surface area contributed by atoms with Crippen LogP contribution in [0.25, 0.3) is 0 Å². The van der Waals surface area contributed by atoms with Crippen molar-refractivity contribution in [2.24, 2.45) is 7.05 Å². The first-order valence-electron chi connectivity index (χ1n) is 6.81. The summed E-state index contributed by atoms with van der Waals surface area (Å²) in [5.74, 6) is 0. The second-order valence-corrected chi connectivity index (χ2v) is 8.28. The predicted molar refractivity (Wildman–Crippen MR) is 91.6 cm³/mol. The molecule has 0 radical (unpaired) electrons. The summed E-state index contributed by atoms with van der Waals surface area (Å²) in [6, 6.07) is 0.279. The summed E-state index contributed by atoms with van der Waals surface area (Å²) >= 11 is 2.30. The molecule has 0 bridgehead atoms. The average molecular weight is 429 g/mol. The van der Waals surface area contributed by atoms with Crippen LogP contribution in [0.4, 0.5) is 0 Å². The molecule has 0 spiro atoms. The van der Waals surface area contributed by atoms with E-state index in [9.17, 15) is 8.42 Å². The van der Waals surface area contributed by atoms with E-state index in [0.717, 1.165) is 21.2 Å². The highest BCUT2D eigenvalue weighted by Gasteiger charge is 2.20. The highest BCUT2D eigenvalue weighted by Crippen LogP contribution is 2.19. The van der Waals surface area contributed by atoms with E-state index in [1.165, 1.54) is 0 Å². The second-order valence-electron chi connectivity index (χ2n) is 5.60. The Kier molecular flexibility index (Phi) is 6.63. The van der Waals surface area contributed by atoms with E-state index in [2.05, 4.69) is 46.4 Å². The summed E-state index contributed by atoms with van der Waals surface area (Å²) in [6.45, 7) is 9.19. The molecule has 0 saturated carbocycles. The molecule has 0 amide bonds. The lowest BCUT2D eigenvalue weighted by molar-refractivity contribution is 0.121. The zero-order chi connectivity index (χ0) is 16.4. The molecule has 0 aliphatic rings. The minimum atomic E-state index is -3.43. The van der Waals surface area contributed by atoms with Gasteiger partial charge in [-0.2, -0.15) is 13.5 Å². The van der Waals surface area contributed by atoms with E-state index in [4.69, 9.17) is 4.18 Å². The van der Waals surface area contributed by atoms with Crippen molar-refractivity contribution in [3.8, 4) is 0 Å². The molecule has 1 aromatic rings. The van der Waals surface area contributed by atoms with Gasteiger partial charge in [-0.25, -0.2) is 0 Å². The maximum atomic E-state index is 11.2. The van der Waals surface area contributed by atoms with E-state index in [1.807, 2.05) is 18.7 Å². The number of rotatable bonds is 7. The van der Waals surface area contributed by atoms with Crippen LogP contribution in [0.1, 0.15) is 32.2 Å². The first kappa shape index (κ1) is 18.9. The van der Waals surface area contributed by atoms with Gasteiger partial charge in [-0.1, -0.05) is 0 Å². The predicted octanol–water partition coefficient (Wildman–Crippen LogP) is 1.91. The van der Waals surface area contributed by atoms with Crippen molar-refractivity contribution in [3.63, 3.8) is 0 Å². The van der Waals surface area contributed by atoms with E-state index in [1.54, 1.807) is 6.92 Å². The number of hydrogen-bond donors (Lipinski definition) is 0. The van der Waals surface area contributed by atoms with Gasteiger partial charge in [-0.3, -0.25) is 13.8 Å². The Hall–Kier alpha value is -0.190. The third-order valence-electron chi connectivity index (χ3n) is 3.18. The smallest absolute Gasteiger partial charge is 0.264 e. The van der Waals surface area contributed by atoms with Crippen LogP contribution in [0.2, 0.25) is 0 Å². The molecular formula is C13H24IN3O3S. The van der Waals surface area contributed by atoms with E-state index in [0.29, 0.717) is 13.1 Å². The van der Waals surface area contributed by atoms with Crippen molar-refractivity contribution in [2.45, 2.75) is 46.4 Å². The number of hydrogen-bond acceptors (Lipinski definition) is 5. The van der Waals surface area contributed by atoms with Crippen LogP contribution < -0.4 is 0 Å². The summed E-state index contributed by atoms with van der Waals surface area (Å²) in [5, 5.41) is 4.42. The molecule has 0 fully saturated rings. The fourth-order valence-corrected chi connectivity index (χ4v) is 3.45. The highest BCUT2D eigenvalue weighted by molar-refractivity contribution is 14.1. The van der Waals surface area contributed by atoms with Crippen molar-refractivity contribution in [2.75, 3.05) is 12.8 Å². The quantitative estimate of drug-likeness (QED) is 0.490. The van der Waals surface area contributed by atoms with Gasteiger partial charge >= 0.3 is 0 Å². The first-order chi connectivity index (χ1) is 9.51. The number of aromatic nitrogens is 2. The van der Waals surface area contributed by atoms with Gasteiger partial charge in [0.05, 0.1) is 27.3 Å². The fraction of sp³-hybridized carbons (Fsp3) is 0.769. The van der Waals surface area contributed by atoms with Crippen molar-refractivity contribution >= 4 is 32.7 Å². The molecule has 21 heavy (non-hydrogen) atoms. The topological polar surface area (TPSA) is 64.4 Å². The molecule has 0 aromatic carbocycles. The van der Waals surface area contributed by atoms with Crippen LogP contribution in [0.5, 0.6) is 0 Å². The van der Waals surface area contributed by atoms with Gasteiger partial charge in [-0.05, 0) is 50.3 Å². The van der Waals surface area contributed by atoms with E-state index < -0.39 is 10.1 Å². The largest absolute Gasteiger partial charge is 0.292 e. The lowest BCUT2D eigenvalue weighted by Gasteiger charge is -2.29. The molecule has 1 aromatic heterocycles.